The van der Waals surface area contributed by atoms with Crippen molar-refractivity contribution in [2.45, 2.75) is 12.5 Å². The Bertz CT molecular complexity index is 868. The van der Waals surface area contributed by atoms with Crippen LogP contribution in [0.25, 0.3) is 5.57 Å². The molecule has 1 aliphatic carbocycles. The number of halogens is 1. The van der Waals surface area contributed by atoms with Crippen molar-refractivity contribution in [1.29, 1.82) is 0 Å². The molecule has 26 heavy (non-hydrogen) atoms. The number of nitrogens with zero attached hydrogens (tertiary/aromatic N) is 2. The molecule has 3 rings (SSSR count). The summed E-state index contributed by atoms with van der Waals surface area (Å²) in [7, 11) is 6.57. The van der Waals surface area contributed by atoms with E-state index in [1.165, 1.54) is 24.1 Å². The summed E-state index contributed by atoms with van der Waals surface area (Å²) in [4.78, 5) is 28.3. The van der Waals surface area contributed by atoms with E-state index in [2.05, 4.69) is 0 Å². The number of rotatable bonds is 3. The third kappa shape index (κ3) is 3.08. The second-order valence-electron chi connectivity index (χ2n) is 6.58. The summed E-state index contributed by atoms with van der Waals surface area (Å²) in [5.41, 5.74) is 3.16. The number of carbonyl (C=O) groups excluding carboxylic acids is 2. The zero-order chi connectivity index (χ0) is 19.0. The van der Waals surface area contributed by atoms with Crippen LogP contribution in [0.15, 0.2) is 53.4 Å². The van der Waals surface area contributed by atoms with E-state index < -0.39 is 6.10 Å². The highest BCUT2D eigenvalue weighted by molar-refractivity contribution is 6.07. The number of hydrogen-bond donors (Lipinski definition) is 0. The van der Waals surface area contributed by atoms with E-state index in [1.54, 1.807) is 50.5 Å². The Morgan fingerprint density at radius 2 is 2.08 bits per heavy atom. The zero-order valence-corrected chi connectivity index (χ0v) is 15.2. The average Bonchev–Trinajstić information content (AvgIpc) is 2.59. The molecule has 0 fully saturated rings. The lowest BCUT2D eigenvalue weighted by Crippen LogP contribution is -2.35. The lowest BCUT2D eigenvalue weighted by atomic mass is 9.81. The van der Waals surface area contributed by atoms with Crippen LogP contribution in [0.2, 0.25) is 0 Å². The van der Waals surface area contributed by atoms with Crippen LogP contribution in [-0.2, 0) is 14.3 Å². The first-order chi connectivity index (χ1) is 12.3. The number of Topliss-reactive ketones (excluding diaryl/α,β-unsaturated/α-hetero) is 1. The predicted octanol–water partition coefficient (Wildman–Crippen LogP) is 2.37. The van der Waals surface area contributed by atoms with Crippen LogP contribution in [0.3, 0.4) is 0 Å². The van der Waals surface area contributed by atoms with Crippen LogP contribution >= 0.6 is 0 Å². The van der Waals surface area contributed by atoms with Gasteiger partial charge in [0.1, 0.15) is 17.6 Å². The Kier molecular flexibility index (Phi) is 4.78. The summed E-state index contributed by atoms with van der Waals surface area (Å²) < 4.78 is 19.2. The van der Waals surface area contributed by atoms with E-state index in [4.69, 9.17) is 4.74 Å². The summed E-state index contributed by atoms with van der Waals surface area (Å²) in [6.45, 7) is 0. The van der Waals surface area contributed by atoms with Gasteiger partial charge in [-0.2, -0.15) is 0 Å². The Morgan fingerprint density at radius 1 is 1.35 bits per heavy atom. The molecule has 0 aromatic heterocycles. The molecule has 136 valence electrons. The van der Waals surface area contributed by atoms with Gasteiger partial charge < -0.3 is 14.5 Å². The SMILES string of the molecule is COC1C=C2C(=CN(C)C(C(=O)N(C)C)=C2c2cccc(F)c2)CC1=O. The Balaban J connectivity index is 2.29. The van der Waals surface area contributed by atoms with Crippen LogP contribution in [0, 0.1) is 5.82 Å². The number of hydrogen-bond acceptors (Lipinski definition) is 4. The summed E-state index contributed by atoms with van der Waals surface area (Å²) >= 11 is 0. The van der Waals surface area contributed by atoms with E-state index in [1.807, 2.05) is 0 Å². The van der Waals surface area contributed by atoms with E-state index in [9.17, 15) is 14.0 Å². The fourth-order valence-corrected chi connectivity index (χ4v) is 3.30. The Labute approximate surface area is 152 Å². The second-order valence-corrected chi connectivity index (χ2v) is 6.58. The molecule has 5 nitrogen and oxygen atoms in total. The van der Waals surface area contributed by atoms with Crippen LogP contribution in [-0.4, -0.2) is 55.8 Å². The largest absolute Gasteiger partial charge is 0.370 e. The van der Waals surface area contributed by atoms with Gasteiger partial charge in [0.25, 0.3) is 5.91 Å². The molecule has 6 heteroatoms. The lowest BCUT2D eigenvalue weighted by molar-refractivity contribution is -0.126. The van der Waals surface area contributed by atoms with Gasteiger partial charge in [-0.25, -0.2) is 4.39 Å². The number of carbonyl (C=O) groups is 2. The number of benzene rings is 1. The normalized spacial score (nSPS) is 19.8. The van der Waals surface area contributed by atoms with Crippen molar-refractivity contribution >= 4 is 17.3 Å². The molecular formula is C20H21FN2O3. The molecule has 0 radical (unpaired) electrons. The van der Waals surface area contributed by atoms with Crippen molar-refractivity contribution in [3.63, 3.8) is 0 Å². The van der Waals surface area contributed by atoms with Gasteiger partial charge in [-0.1, -0.05) is 12.1 Å². The highest BCUT2D eigenvalue weighted by Crippen LogP contribution is 2.41. The van der Waals surface area contributed by atoms with Crippen molar-refractivity contribution in [3.8, 4) is 0 Å². The number of likely N-dealkylation sites (N-methyl/N-ethyl adjacent to an activating group) is 2. The predicted molar refractivity (Wildman–Crippen MR) is 96.4 cm³/mol. The van der Waals surface area contributed by atoms with Crippen LogP contribution in [0.5, 0.6) is 0 Å². The maximum Gasteiger partial charge on any atom is 0.270 e. The molecule has 2 aliphatic rings. The maximum absolute atomic E-state index is 13.9. The van der Waals surface area contributed by atoms with Crippen molar-refractivity contribution in [2.75, 3.05) is 28.3 Å². The minimum Gasteiger partial charge on any atom is -0.370 e. The molecule has 0 spiro atoms. The van der Waals surface area contributed by atoms with Gasteiger partial charge in [-0.3, -0.25) is 9.59 Å². The quantitative estimate of drug-likeness (QED) is 0.834. The van der Waals surface area contributed by atoms with Gasteiger partial charge in [0.15, 0.2) is 5.78 Å². The van der Waals surface area contributed by atoms with Crippen molar-refractivity contribution in [3.05, 3.63) is 64.8 Å². The van der Waals surface area contributed by atoms with Gasteiger partial charge in [-0.15, -0.1) is 0 Å². The maximum atomic E-state index is 13.9. The number of ketones is 1. The summed E-state index contributed by atoms with van der Waals surface area (Å²) in [6.07, 6.45) is 3.03. The van der Waals surface area contributed by atoms with Crippen LogP contribution in [0.1, 0.15) is 12.0 Å². The smallest absolute Gasteiger partial charge is 0.270 e. The molecule has 0 N–H and O–H groups in total. The summed E-state index contributed by atoms with van der Waals surface area (Å²) in [5, 5.41) is 0. The third-order valence-corrected chi connectivity index (χ3v) is 4.53. The fourth-order valence-electron chi connectivity index (χ4n) is 3.30. The highest BCUT2D eigenvalue weighted by atomic mass is 19.1. The van der Waals surface area contributed by atoms with Gasteiger partial charge >= 0.3 is 0 Å². The van der Waals surface area contributed by atoms with Gasteiger partial charge in [0, 0.05) is 46.4 Å². The number of ether oxygens (including phenoxy) is 1. The van der Waals surface area contributed by atoms with Gasteiger partial charge in [0.05, 0.1) is 0 Å². The van der Waals surface area contributed by atoms with Gasteiger partial charge in [-0.05, 0) is 34.9 Å². The Hall–Kier alpha value is -2.73. The van der Waals surface area contributed by atoms with Crippen molar-refractivity contribution < 1.29 is 18.7 Å². The number of fused-ring (bicyclic) bond motifs is 1. The molecule has 1 aromatic carbocycles. The van der Waals surface area contributed by atoms with Crippen molar-refractivity contribution in [1.82, 2.24) is 9.80 Å². The third-order valence-electron chi connectivity index (χ3n) is 4.53. The van der Waals surface area contributed by atoms with E-state index in [-0.39, 0.29) is 23.9 Å². The summed E-state index contributed by atoms with van der Waals surface area (Å²) in [6, 6.07) is 6.12. The first-order valence-electron chi connectivity index (χ1n) is 8.27. The molecule has 1 heterocycles. The zero-order valence-electron chi connectivity index (χ0n) is 15.2. The first kappa shape index (κ1) is 18.1. The number of amides is 1. The molecule has 1 atom stereocenters. The Morgan fingerprint density at radius 3 is 2.69 bits per heavy atom. The molecule has 1 aliphatic heterocycles. The molecule has 1 unspecified atom stereocenters. The topological polar surface area (TPSA) is 49.9 Å². The van der Waals surface area contributed by atoms with Crippen LogP contribution < -0.4 is 0 Å². The molecule has 0 saturated heterocycles. The standard InChI is InChI=1S/C20H21FN2O3/c1-22(2)20(25)19-18(12-6-5-7-14(21)8-12)15-10-17(26-4)16(24)9-13(15)11-23(19)3/h5-8,10-11,17H,9H2,1-4H3. The average molecular weight is 356 g/mol. The summed E-state index contributed by atoms with van der Waals surface area (Å²) in [5.74, 6) is -0.633. The minimum atomic E-state index is -0.676. The molecule has 1 amide bonds. The van der Waals surface area contributed by atoms with E-state index in [0.717, 1.165) is 11.1 Å². The molecule has 1 aromatic rings. The van der Waals surface area contributed by atoms with E-state index >= 15 is 0 Å². The monoisotopic (exact) mass is 356 g/mol. The van der Waals surface area contributed by atoms with Gasteiger partial charge in [0.2, 0.25) is 0 Å². The second kappa shape index (κ2) is 6.88. The molecular weight excluding hydrogens is 335 g/mol. The molecule has 0 saturated carbocycles. The highest BCUT2D eigenvalue weighted by Gasteiger charge is 2.35. The van der Waals surface area contributed by atoms with E-state index in [0.29, 0.717) is 16.8 Å². The van der Waals surface area contributed by atoms with Crippen molar-refractivity contribution in [2.24, 2.45) is 0 Å². The number of allylic oxidation sites excluding steroid dienone is 3. The van der Waals surface area contributed by atoms with Crippen LogP contribution in [0.4, 0.5) is 4.39 Å². The minimum absolute atomic E-state index is 0.0446. The number of methoxy groups -OCH3 is 1. The molecule has 0 bridgehead atoms. The lowest BCUT2D eigenvalue weighted by Gasteiger charge is -2.34. The first-order valence-corrected chi connectivity index (χ1v) is 8.27. The fraction of sp³-hybridized carbons (Fsp3) is 0.300.